The Labute approximate surface area is 130 Å². The molecule has 2 amide bonds. The van der Waals surface area contributed by atoms with Gasteiger partial charge in [-0.1, -0.05) is 22.0 Å². The molecule has 0 aliphatic carbocycles. The zero-order chi connectivity index (χ0) is 15.4. The van der Waals surface area contributed by atoms with E-state index >= 15 is 0 Å². The zero-order valence-electron chi connectivity index (χ0n) is 11.6. The van der Waals surface area contributed by atoms with Crippen molar-refractivity contribution in [3.63, 3.8) is 0 Å². The fourth-order valence-corrected chi connectivity index (χ4v) is 2.07. The molecule has 0 spiro atoms. The molecule has 1 aromatic carbocycles. The lowest BCUT2D eigenvalue weighted by Gasteiger charge is -2.11. The number of carbonyl (C=O) groups is 2. The highest BCUT2D eigenvalue weighted by Crippen LogP contribution is 2.26. The van der Waals surface area contributed by atoms with Crippen molar-refractivity contribution in [1.29, 1.82) is 0 Å². The summed E-state index contributed by atoms with van der Waals surface area (Å²) in [5.41, 5.74) is 2.33. The van der Waals surface area contributed by atoms with Gasteiger partial charge in [-0.2, -0.15) is 0 Å². The molecular weight excluding hydrogens is 334 g/mol. The second-order valence-electron chi connectivity index (χ2n) is 4.55. The molecule has 0 radical (unpaired) electrons. The minimum Gasteiger partial charge on any atom is -0.325 e. The molecule has 0 saturated carbocycles. The van der Waals surface area contributed by atoms with Crippen LogP contribution in [0.4, 0.5) is 11.4 Å². The lowest BCUT2D eigenvalue weighted by molar-refractivity contribution is -0.114. The Morgan fingerprint density at radius 1 is 1.10 bits per heavy atom. The summed E-state index contributed by atoms with van der Waals surface area (Å²) in [5, 5.41) is 5.42. The van der Waals surface area contributed by atoms with Crippen LogP contribution in [0.25, 0.3) is 0 Å². The van der Waals surface area contributed by atoms with Crippen LogP contribution < -0.4 is 10.6 Å². The van der Waals surface area contributed by atoms with Gasteiger partial charge in [-0.05, 0) is 36.8 Å². The van der Waals surface area contributed by atoms with Crippen LogP contribution in [0.15, 0.2) is 41.0 Å². The monoisotopic (exact) mass is 347 g/mol. The Morgan fingerprint density at radius 3 is 2.48 bits per heavy atom. The number of aryl methyl sites for hydroxylation is 1. The Morgan fingerprint density at radius 2 is 1.86 bits per heavy atom. The van der Waals surface area contributed by atoms with Crippen LogP contribution in [0.2, 0.25) is 0 Å². The maximum Gasteiger partial charge on any atom is 0.274 e. The predicted molar refractivity (Wildman–Crippen MR) is 85.4 cm³/mol. The van der Waals surface area contributed by atoms with Crippen LogP contribution in [-0.2, 0) is 4.79 Å². The lowest BCUT2D eigenvalue weighted by atomic mass is 10.2. The Balaban J connectivity index is 2.25. The molecular formula is C15H14BrN3O2. The number of benzene rings is 1. The molecule has 108 valence electrons. The van der Waals surface area contributed by atoms with Gasteiger partial charge >= 0.3 is 0 Å². The van der Waals surface area contributed by atoms with Gasteiger partial charge in [-0.25, -0.2) is 0 Å². The van der Waals surface area contributed by atoms with E-state index in [0.717, 1.165) is 10.0 Å². The van der Waals surface area contributed by atoms with E-state index in [0.29, 0.717) is 17.1 Å². The fourth-order valence-electron chi connectivity index (χ4n) is 1.71. The molecule has 0 aliphatic heterocycles. The summed E-state index contributed by atoms with van der Waals surface area (Å²) in [6.07, 6.45) is 1.63. The number of rotatable bonds is 3. The number of hydrogen-bond acceptors (Lipinski definition) is 3. The highest BCUT2D eigenvalue weighted by molar-refractivity contribution is 9.10. The summed E-state index contributed by atoms with van der Waals surface area (Å²) >= 11 is 3.34. The molecule has 1 heterocycles. The quantitative estimate of drug-likeness (QED) is 0.894. The average Bonchev–Trinajstić information content (AvgIpc) is 2.42. The number of nitrogens with zero attached hydrogens (tertiary/aromatic N) is 1. The number of anilines is 2. The molecule has 0 aliphatic rings. The molecule has 2 N–H and O–H groups in total. The molecule has 6 heteroatoms. The van der Waals surface area contributed by atoms with Gasteiger partial charge in [-0.3, -0.25) is 14.6 Å². The number of amides is 2. The minimum atomic E-state index is -0.334. The molecule has 1 aromatic heterocycles. The van der Waals surface area contributed by atoms with E-state index in [4.69, 9.17) is 0 Å². The van der Waals surface area contributed by atoms with E-state index in [1.807, 2.05) is 13.0 Å². The third kappa shape index (κ3) is 4.13. The topological polar surface area (TPSA) is 71.1 Å². The minimum absolute atomic E-state index is 0.207. The van der Waals surface area contributed by atoms with E-state index in [1.165, 1.54) is 6.92 Å². The third-order valence-electron chi connectivity index (χ3n) is 2.68. The van der Waals surface area contributed by atoms with Gasteiger partial charge in [0.05, 0.1) is 11.4 Å². The van der Waals surface area contributed by atoms with Gasteiger partial charge in [0.1, 0.15) is 5.69 Å². The van der Waals surface area contributed by atoms with Crippen molar-refractivity contribution in [2.24, 2.45) is 0 Å². The van der Waals surface area contributed by atoms with Gasteiger partial charge in [0.2, 0.25) is 5.91 Å². The number of nitrogens with one attached hydrogen (secondary N) is 2. The molecule has 2 rings (SSSR count). The van der Waals surface area contributed by atoms with Crippen molar-refractivity contribution in [2.75, 3.05) is 10.6 Å². The molecule has 2 aromatic rings. The highest BCUT2D eigenvalue weighted by Gasteiger charge is 2.11. The second-order valence-corrected chi connectivity index (χ2v) is 5.46. The first kappa shape index (κ1) is 15.2. The smallest absolute Gasteiger partial charge is 0.274 e. The van der Waals surface area contributed by atoms with Crippen LogP contribution in [0, 0.1) is 6.92 Å². The third-order valence-corrected chi connectivity index (χ3v) is 3.18. The Hall–Kier alpha value is -2.21. The molecule has 0 bridgehead atoms. The maximum absolute atomic E-state index is 12.2. The van der Waals surface area contributed by atoms with Crippen LogP contribution in [0.5, 0.6) is 0 Å². The average molecular weight is 348 g/mol. The largest absolute Gasteiger partial charge is 0.325 e. The van der Waals surface area contributed by atoms with E-state index in [9.17, 15) is 9.59 Å². The van der Waals surface area contributed by atoms with Crippen molar-refractivity contribution in [3.05, 3.63) is 52.3 Å². The number of carbonyl (C=O) groups excluding carboxylic acids is 2. The van der Waals surface area contributed by atoms with Crippen LogP contribution in [-0.4, -0.2) is 16.8 Å². The summed E-state index contributed by atoms with van der Waals surface area (Å²) in [5.74, 6) is -0.541. The molecule has 0 saturated heterocycles. The molecule has 0 fully saturated rings. The number of halogens is 1. The molecule has 0 unspecified atom stereocenters. The highest BCUT2D eigenvalue weighted by atomic mass is 79.9. The fraction of sp³-hybridized carbons (Fsp3) is 0.133. The Bertz CT molecular complexity index is 684. The summed E-state index contributed by atoms with van der Waals surface area (Å²) in [6.45, 7) is 3.31. The van der Waals surface area contributed by atoms with Crippen LogP contribution in [0.3, 0.4) is 0 Å². The number of aromatic nitrogens is 1. The van der Waals surface area contributed by atoms with Crippen molar-refractivity contribution >= 4 is 39.1 Å². The van der Waals surface area contributed by atoms with Crippen molar-refractivity contribution < 1.29 is 9.59 Å². The van der Waals surface area contributed by atoms with E-state index in [1.54, 1.807) is 30.5 Å². The van der Waals surface area contributed by atoms with Gasteiger partial charge in [0.15, 0.2) is 0 Å². The first-order chi connectivity index (χ1) is 9.95. The Kier molecular flexibility index (Phi) is 4.70. The van der Waals surface area contributed by atoms with E-state index < -0.39 is 0 Å². The number of hydrogen-bond donors (Lipinski definition) is 2. The number of pyridine rings is 1. The van der Waals surface area contributed by atoms with Crippen LogP contribution in [0.1, 0.15) is 23.0 Å². The maximum atomic E-state index is 12.2. The van der Waals surface area contributed by atoms with Crippen molar-refractivity contribution in [1.82, 2.24) is 4.98 Å². The van der Waals surface area contributed by atoms with E-state index in [2.05, 4.69) is 31.5 Å². The van der Waals surface area contributed by atoms with Gasteiger partial charge in [0.25, 0.3) is 5.91 Å². The second kappa shape index (κ2) is 6.49. The first-order valence-electron chi connectivity index (χ1n) is 6.27. The summed E-state index contributed by atoms with van der Waals surface area (Å²) in [4.78, 5) is 27.4. The first-order valence-corrected chi connectivity index (χ1v) is 7.06. The van der Waals surface area contributed by atoms with E-state index in [-0.39, 0.29) is 11.8 Å². The van der Waals surface area contributed by atoms with Crippen LogP contribution >= 0.6 is 15.9 Å². The normalized spacial score (nSPS) is 10.0. The van der Waals surface area contributed by atoms with Crippen molar-refractivity contribution in [3.8, 4) is 0 Å². The van der Waals surface area contributed by atoms with Gasteiger partial charge < -0.3 is 10.6 Å². The zero-order valence-corrected chi connectivity index (χ0v) is 13.2. The van der Waals surface area contributed by atoms with Gasteiger partial charge in [-0.15, -0.1) is 0 Å². The standard InChI is InChI=1S/C15H14BrN3O2/c1-9-3-5-13(17-8-9)15(21)19-14-7-11(16)4-6-12(14)18-10(2)20/h3-8H,1-2H3,(H,18,20)(H,19,21). The summed E-state index contributed by atoms with van der Waals surface area (Å²) in [6, 6.07) is 8.68. The van der Waals surface area contributed by atoms with Gasteiger partial charge in [0, 0.05) is 17.6 Å². The lowest BCUT2D eigenvalue weighted by Crippen LogP contribution is -2.16. The molecule has 5 nitrogen and oxygen atoms in total. The molecule has 21 heavy (non-hydrogen) atoms. The SMILES string of the molecule is CC(=O)Nc1ccc(Br)cc1NC(=O)c1ccc(C)cn1. The predicted octanol–water partition coefficient (Wildman–Crippen LogP) is 3.36. The van der Waals surface area contributed by atoms with Crippen molar-refractivity contribution in [2.45, 2.75) is 13.8 Å². The molecule has 0 atom stereocenters. The summed E-state index contributed by atoms with van der Waals surface area (Å²) in [7, 11) is 0. The summed E-state index contributed by atoms with van der Waals surface area (Å²) < 4.78 is 0.795.